The van der Waals surface area contributed by atoms with Crippen molar-refractivity contribution < 1.29 is 53.8 Å². The van der Waals surface area contributed by atoms with Crippen LogP contribution in [0.3, 0.4) is 0 Å². The van der Waals surface area contributed by atoms with E-state index < -0.39 is 23.9 Å². The Labute approximate surface area is 261 Å². The number of nitrogens with zero attached hydrogens (tertiary/aromatic N) is 1. The molecule has 6 N–H and O–H groups in total. The largest absolute Gasteiger partial charge is 0.493 e. The highest BCUT2D eigenvalue weighted by Gasteiger charge is 2.36. The van der Waals surface area contributed by atoms with Crippen molar-refractivity contribution in [3.8, 4) is 11.5 Å². The van der Waals surface area contributed by atoms with Gasteiger partial charge in [0.1, 0.15) is 0 Å². The molecule has 4 rings (SSSR count). The van der Waals surface area contributed by atoms with Gasteiger partial charge in [0.15, 0.2) is 11.5 Å². The van der Waals surface area contributed by atoms with Crippen LogP contribution in [0.1, 0.15) is 35.6 Å². The van der Waals surface area contributed by atoms with Gasteiger partial charge in [0.05, 0.1) is 26.4 Å². The van der Waals surface area contributed by atoms with Crippen LogP contribution in [0.5, 0.6) is 11.5 Å². The normalized spacial score (nSPS) is 18.1. The monoisotopic (exact) mass is 628 g/mol. The maximum atomic E-state index is 9.55. The predicted octanol–water partition coefficient (Wildman–Crippen LogP) is 2.98. The van der Waals surface area contributed by atoms with Crippen molar-refractivity contribution in [2.45, 2.75) is 38.0 Å². The summed E-state index contributed by atoms with van der Waals surface area (Å²) in [4.78, 5) is 40.8. The number of carboxylic acids is 4. The number of rotatable bonds is 10. The Balaban J connectivity index is 0.000000365. The Morgan fingerprint density at radius 1 is 0.844 bits per heavy atom. The number of aliphatic carboxylic acids is 4. The van der Waals surface area contributed by atoms with Gasteiger partial charge in [-0.3, -0.25) is 4.90 Å². The molecule has 2 heterocycles. The molecule has 1 fully saturated rings. The highest BCUT2D eigenvalue weighted by Crippen LogP contribution is 2.43. The van der Waals surface area contributed by atoms with E-state index in [0.29, 0.717) is 36.8 Å². The molecule has 2 aromatic carbocycles. The van der Waals surface area contributed by atoms with Crippen LogP contribution in [0.25, 0.3) is 0 Å². The third kappa shape index (κ3) is 12.4. The topological polar surface area (TPSA) is 206 Å². The summed E-state index contributed by atoms with van der Waals surface area (Å²) in [5.74, 6) is -2.88. The minimum atomic E-state index is -1.26. The fraction of sp³-hybridized carbons (Fsp3) is 0.375. The Kier molecular flexibility index (Phi) is 15.3. The highest BCUT2D eigenvalue weighted by atomic mass is 16.5. The van der Waals surface area contributed by atoms with Gasteiger partial charge >= 0.3 is 23.9 Å². The molecule has 2 unspecified atom stereocenters. The molecule has 2 atom stereocenters. The molecule has 0 bridgehead atoms. The molecule has 1 saturated heterocycles. The number of hydrogen-bond donors (Lipinski definition) is 5. The SMILES string of the molecule is COc1ccc2c(c1OC)CC(C1CCN(Cc3ccccc3)CC1)OC2CN.O=C(O)C=CC(=O)O.O=C(O)C=CC(=O)O. The molecular weight excluding hydrogens is 588 g/mol. The van der Waals surface area contributed by atoms with Crippen molar-refractivity contribution in [2.24, 2.45) is 11.7 Å². The van der Waals surface area contributed by atoms with Gasteiger partial charge in [-0.2, -0.15) is 0 Å². The summed E-state index contributed by atoms with van der Waals surface area (Å²) in [5, 5.41) is 31.2. The number of carboxylic acid groups (broad SMARTS) is 4. The Morgan fingerprint density at radius 3 is 1.82 bits per heavy atom. The third-order valence-corrected chi connectivity index (χ3v) is 7.13. The van der Waals surface area contributed by atoms with Crippen LogP contribution in [0.2, 0.25) is 0 Å². The highest BCUT2D eigenvalue weighted by molar-refractivity contribution is 5.90. The van der Waals surface area contributed by atoms with Gasteiger partial charge < -0.3 is 40.4 Å². The second-order valence-corrected chi connectivity index (χ2v) is 10.1. The lowest BCUT2D eigenvalue weighted by atomic mass is 9.83. The third-order valence-electron chi connectivity index (χ3n) is 7.13. The number of hydrogen-bond acceptors (Lipinski definition) is 9. The van der Waals surface area contributed by atoms with Crippen LogP contribution in [0.4, 0.5) is 0 Å². The first-order chi connectivity index (χ1) is 21.5. The van der Waals surface area contributed by atoms with Gasteiger partial charge in [0.2, 0.25) is 0 Å². The zero-order valence-electron chi connectivity index (χ0n) is 25.2. The lowest BCUT2D eigenvalue weighted by Gasteiger charge is -2.40. The van der Waals surface area contributed by atoms with Gasteiger partial charge in [0.25, 0.3) is 0 Å². The van der Waals surface area contributed by atoms with E-state index in [1.807, 2.05) is 6.07 Å². The van der Waals surface area contributed by atoms with Crippen LogP contribution in [0, 0.1) is 5.92 Å². The fourth-order valence-electron chi connectivity index (χ4n) is 5.12. The van der Waals surface area contributed by atoms with E-state index in [9.17, 15) is 19.2 Å². The van der Waals surface area contributed by atoms with E-state index in [1.54, 1.807) is 14.2 Å². The first kappa shape index (κ1) is 36.5. The first-order valence-corrected chi connectivity index (χ1v) is 14.1. The quantitative estimate of drug-likeness (QED) is 0.240. The van der Waals surface area contributed by atoms with Crippen LogP contribution in [0.15, 0.2) is 66.8 Å². The molecule has 0 spiro atoms. The van der Waals surface area contributed by atoms with E-state index in [2.05, 4.69) is 41.3 Å². The number of fused-ring (bicyclic) bond motifs is 1. The summed E-state index contributed by atoms with van der Waals surface area (Å²) < 4.78 is 17.7. The van der Waals surface area contributed by atoms with Crippen molar-refractivity contribution in [3.05, 3.63) is 83.5 Å². The average Bonchev–Trinajstić information content (AvgIpc) is 3.03. The van der Waals surface area contributed by atoms with Gasteiger partial charge in [-0.25, -0.2) is 19.2 Å². The summed E-state index contributed by atoms with van der Waals surface area (Å²) in [5.41, 5.74) is 9.80. The van der Waals surface area contributed by atoms with Crippen molar-refractivity contribution >= 4 is 23.9 Å². The molecular formula is C32H40N2O11. The second kappa shape index (κ2) is 18.8. The smallest absolute Gasteiger partial charge is 0.328 e. The molecule has 244 valence electrons. The van der Waals surface area contributed by atoms with Gasteiger partial charge in [-0.15, -0.1) is 0 Å². The number of likely N-dealkylation sites (tertiary alicyclic amines) is 1. The average molecular weight is 629 g/mol. The first-order valence-electron chi connectivity index (χ1n) is 14.1. The number of benzene rings is 2. The van der Waals surface area contributed by atoms with Crippen molar-refractivity contribution in [3.63, 3.8) is 0 Å². The van der Waals surface area contributed by atoms with Gasteiger partial charge in [-0.05, 0) is 49.0 Å². The number of nitrogens with two attached hydrogens (primary N) is 1. The van der Waals surface area contributed by atoms with Crippen molar-refractivity contribution in [2.75, 3.05) is 33.9 Å². The molecule has 0 radical (unpaired) electrons. The van der Waals surface area contributed by atoms with E-state index in [1.165, 1.54) is 11.1 Å². The Morgan fingerprint density at radius 2 is 1.38 bits per heavy atom. The van der Waals surface area contributed by atoms with Gasteiger partial charge in [-0.1, -0.05) is 36.4 Å². The molecule has 0 amide bonds. The minimum absolute atomic E-state index is 0.0779. The summed E-state index contributed by atoms with van der Waals surface area (Å²) in [6.07, 6.45) is 5.49. The van der Waals surface area contributed by atoms with E-state index in [4.69, 9.17) is 40.4 Å². The van der Waals surface area contributed by atoms with Crippen LogP contribution in [-0.4, -0.2) is 89.2 Å². The van der Waals surface area contributed by atoms with E-state index in [-0.39, 0.29) is 12.2 Å². The minimum Gasteiger partial charge on any atom is -0.493 e. The van der Waals surface area contributed by atoms with Crippen molar-refractivity contribution in [1.82, 2.24) is 4.90 Å². The Hall–Kier alpha value is -4.72. The number of carbonyl (C=O) groups is 4. The van der Waals surface area contributed by atoms with Crippen molar-refractivity contribution in [1.29, 1.82) is 0 Å². The molecule has 13 nitrogen and oxygen atoms in total. The molecule has 2 aliphatic heterocycles. The second-order valence-electron chi connectivity index (χ2n) is 10.1. The van der Waals surface area contributed by atoms with Crippen LogP contribution < -0.4 is 15.2 Å². The number of ether oxygens (including phenoxy) is 3. The standard InChI is InChI=1S/C24H32N2O3.2C4H4O4/c1-27-21-9-8-19-20(24(21)28-2)14-22(29-23(19)15-25)18-10-12-26(13-11-18)16-17-6-4-3-5-7-17;2*5-3(6)1-2-4(7)8/h3-9,18,22-23H,10-16,25H2,1-2H3;2*1-2H,(H,5,6)(H,7,8). The summed E-state index contributed by atoms with van der Waals surface area (Å²) in [6.45, 7) is 3.72. The Bertz CT molecular complexity index is 1270. The maximum Gasteiger partial charge on any atom is 0.328 e. The lowest BCUT2D eigenvalue weighted by molar-refractivity contribution is -0.134. The van der Waals surface area contributed by atoms with E-state index >= 15 is 0 Å². The summed E-state index contributed by atoms with van der Waals surface area (Å²) >= 11 is 0. The molecule has 2 aliphatic rings. The fourth-order valence-corrected chi connectivity index (χ4v) is 5.12. The van der Waals surface area contributed by atoms with E-state index in [0.717, 1.165) is 56.0 Å². The molecule has 0 saturated carbocycles. The summed E-state index contributed by atoms with van der Waals surface area (Å²) in [6, 6.07) is 14.7. The molecule has 2 aromatic rings. The summed E-state index contributed by atoms with van der Waals surface area (Å²) in [7, 11) is 3.39. The van der Waals surface area contributed by atoms with Crippen LogP contribution in [-0.2, 0) is 36.9 Å². The molecule has 0 aliphatic carbocycles. The van der Waals surface area contributed by atoms with Crippen LogP contribution >= 0.6 is 0 Å². The predicted molar refractivity (Wildman–Crippen MR) is 163 cm³/mol. The number of methoxy groups -OCH3 is 2. The van der Waals surface area contributed by atoms with Gasteiger partial charge in [0, 0.05) is 49.4 Å². The lowest BCUT2D eigenvalue weighted by Crippen LogP contribution is -2.42. The maximum absolute atomic E-state index is 9.55. The number of piperidine rings is 1. The molecule has 45 heavy (non-hydrogen) atoms. The zero-order chi connectivity index (χ0) is 33.4. The molecule has 13 heteroatoms. The molecule has 0 aromatic heterocycles. The zero-order valence-corrected chi connectivity index (χ0v) is 25.2.